The molecule has 1 unspecified atom stereocenters. The van der Waals surface area contributed by atoms with Crippen molar-refractivity contribution < 1.29 is 1.37 Å². The van der Waals surface area contributed by atoms with Crippen molar-refractivity contribution in [2.75, 3.05) is 0 Å². The monoisotopic (exact) mass is 289 g/mol. The van der Waals surface area contributed by atoms with Crippen molar-refractivity contribution in [2.24, 2.45) is 40.4 Å². The van der Waals surface area contributed by atoms with Crippen LogP contribution >= 0.6 is 0 Å². The normalized spacial score (nSPS) is 60.6. The van der Waals surface area contributed by atoms with Gasteiger partial charge in [-0.25, -0.2) is 0 Å². The standard InChI is InChI=1S/C21H36/c1-4-15-9-11-18-17-10-8-16-7-5-6-13-20(16,2)19(17)12-14-21(15,18)3/h15-19H,4-14H2,1-3H3/t15-,16?,17-,18-,19-,20-,21+/m0/s1/i15D. The molecule has 4 saturated carbocycles. The fourth-order valence-corrected chi connectivity index (χ4v) is 7.78. The third-order valence-corrected chi connectivity index (χ3v) is 8.96. The molecule has 0 heterocycles. The zero-order valence-electron chi connectivity index (χ0n) is 15.6. The van der Waals surface area contributed by atoms with Gasteiger partial charge in [-0.1, -0.05) is 40.0 Å². The first kappa shape index (κ1) is 13.4. The molecule has 0 saturated heterocycles. The van der Waals surface area contributed by atoms with Gasteiger partial charge < -0.3 is 0 Å². The fourth-order valence-electron chi connectivity index (χ4n) is 7.78. The first-order valence-electron chi connectivity index (χ1n) is 10.4. The molecule has 0 aliphatic heterocycles. The molecule has 0 radical (unpaired) electrons. The Balaban J connectivity index is 1.65. The van der Waals surface area contributed by atoms with Crippen molar-refractivity contribution in [1.29, 1.82) is 0 Å². The zero-order chi connectivity index (χ0) is 15.6. The van der Waals surface area contributed by atoms with E-state index in [4.69, 9.17) is 1.37 Å². The second kappa shape index (κ2) is 5.00. The van der Waals surface area contributed by atoms with Gasteiger partial charge in [-0.05, 0) is 91.8 Å². The van der Waals surface area contributed by atoms with Gasteiger partial charge in [0.05, 0.1) is 0 Å². The van der Waals surface area contributed by atoms with Gasteiger partial charge >= 0.3 is 0 Å². The third kappa shape index (κ3) is 1.93. The number of hydrogen-bond acceptors (Lipinski definition) is 0. The van der Waals surface area contributed by atoms with E-state index >= 15 is 0 Å². The lowest BCUT2D eigenvalue weighted by molar-refractivity contribution is -0.110. The predicted octanol–water partition coefficient (Wildman–Crippen LogP) is 6.45. The maximum Gasteiger partial charge on any atom is 0.0308 e. The molecule has 0 spiro atoms. The molecule has 0 nitrogen and oxygen atoms in total. The molecular formula is C21H36. The highest BCUT2D eigenvalue weighted by Gasteiger charge is 2.59. The van der Waals surface area contributed by atoms with Gasteiger partial charge in [0.2, 0.25) is 0 Å². The summed E-state index contributed by atoms with van der Waals surface area (Å²) in [5, 5.41) is 0. The van der Waals surface area contributed by atoms with Crippen molar-refractivity contribution in [2.45, 2.75) is 91.4 Å². The predicted molar refractivity (Wildman–Crippen MR) is 90.1 cm³/mol. The summed E-state index contributed by atoms with van der Waals surface area (Å²) in [5.41, 5.74) is 0.975. The summed E-state index contributed by atoms with van der Waals surface area (Å²) in [7, 11) is 0. The first-order chi connectivity index (χ1) is 10.4. The Hall–Kier alpha value is 0. The summed E-state index contributed by atoms with van der Waals surface area (Å²) in [5.74, 6) is 3.72. The Bertz CT molecular complexity index is 443. The average Bonchev–Trinajstić information content (AvgIpc) is 2.79. The van der Waals surface area contributed by atoms with Crippen molar-refractivity contribution in [1.82, 2.24) is 0 Å². The van der Waals surface area contributed by atoms with Gasteiger partial charge in [0.15, 0.2) is 0 Å². The minimum absolute atomic E-state index is 0.118. The lowest BCUT2D eigenvalue weighted by atomic mass is 9.45. The zero-order valence-corrected chi connectivity index (χ0v) is 14.6. The Labute approximate surface area is 133 Å². The van der Waals surface area contributed by atoms with Crippen molar-refractivity contribution in [3.63, 3.8) is 0 Å². The van der Waals surface area contributed by atoms with E-state index in [9.17, 15) is 0 Å². The van der Waals surface area contributed by atoms with Gasteiger partial charge in [-0.15, -0.1) is 0 Å². The lowest BCUT2D eigenvalue weighted by Gasteiger charge is -2.60. The van der Waals surface area contributed by atoms with Crippen LogP contribution in [0.3, 0.4) is 0 Å². The van der Waals surface area contributed by atoms with Crippen molar-refractivity contribution in [3.8, 4) is 0 Å². The molecule has 4 fully saturated rings. The Morgan fingerprint density at radius 3 is 2.48 bits per heavy atom. The highest BCUT2D eigenvalue weighted by Crippen LogP contribution is 2.67. The summed E-state index contributed by atoms with van der Waals surface area (Å²) in [4.78, 5) is 0. The molecule has 0 aromatic heterocycles. The average molecular weight is 290 g/mol. The van der Waals surface area contributed by atoms with Gasteiger partial charge in [0.1, 0.15) is 0 Å². The van der Waals surface area contributed by atoms with E-state index in [-0.39, 0.29) is 5.89 Å². The van der Waals surface area contributed by atoms with Crippen LogP contribution in [0.25, 0.3) is 0 Å². The molecule has 0 N–H and O–H groups in total. The molecule has 0 bridgehead atoms. The van der Waals surface area contributed by atoms with E-state index in [1.54, 1.807) is 0 Å². The third-order valence-electron chi connectivity index (χ3n) is 8.96. The molecule has 4 aliphatic carbocycles. The minimum atomic E-state index is -0.118. The van der Waals surface area contributed by atoms with Crippen LogP contribution in [0.5, 0.6) is 0 Å². The first-order valence-corrected chi connectivity index (χ1v) is 9.95. The quantitative estimate of drug-likeness (QED) is 0.520. The Morgan fingerprint density at radius 1 is 0.857 bits per heavy atom. The molecule has 21 heavy (non-hydrogen) atoms. The maximum absolute atomic E-state index is 9.09. The molecule has 0 aromatic rings. The molecule has 4 rings (SSSR count). The van der Waals surface area contributed by atoms with Gasteiger partial charge in [-0.2, -0.15) is 0 Å². The van der Waals surface area contributed by atoms with E-state index in [0.29, 0.717) is 10.8 Å². The fraction of sp³-hybridized carbons (Fsp3) is 1.00. The van der Waals surface area contributed by atoms with Gasteiger partial charge in [-0.3, -0.25) is 0 Å². The molecule has 0 amide bonds. The summed E-state index contributed by atoms with van der Waals surface area (Å²) in [6.07, 6.45) is 15.4. The Morgan fingerprint density at radius 2 is 1.67 bits per heavy atom. The van der Waals surface area contributed by atoms with Gasteiger partial charge in [0.25, 0.3) is 0 Å². The minimum Gasteiger partial charge on any atom is -0.0651 e. The van der Waals surface area contributed by atoms with E-state index in [1.165, 1.54) is 64.2 Å². The molecule has 0 heteroatoms. The largest absolute Gasteiger partial charge is 0.0651 e. The van der Waals surface area contributed by atoms with Crippen LogP contribution in [-0.4, -0.2) is 0 Å². The Kier molecular flexibility index (Phi) is 3.20. The van der Waals surface area contributed by atoms with Crippen molar-refractivity contribution >= 4 is 0 Å². The van der Waals surface area contributed by atoms with E-state index in [2.05, 4.69) is 20.8 Å². The lowest BCUT2D eigenvalue weighted by Crippen LogP contribution is -2.52. The molecule has 0 aromatic carbocycles. The van der Waals surface area contributed by atoms with Gasteiger partial charge in [0, 0.05) is 1.37 Å². The summed E-state index contributed by atoms with van der Waals surface area (Å²) < 4.78 is 9.09. The van der Waals surface area contributed by atoms with Crippen LogP contribution in [0.15, 0.2) is 0 Å². The molecule has 4 aliphatic rings. The summed E-state index contributed by atoms with van der Waals surface area (Å²) in [6.45, 7) is 7.44. The molecule has 120 valence electrons. The van der Waals surface area contributed by atoms with Crippen LogP contribution in [0, 0.1) is 40.4 Å². The molecule has 7 atom stereocenters. The smallest absolute Gasteiger partial charge is 0.0308 e. The van der Waals surface area contributed by atoms with Crippen LogP contribution in [0.4, 0.5) is 0 Å². The second-order valence-electron chi connectivity index (χ2n) is 9.35. The van der Waals surface area contributed by atoms with E-state index in [1.807, 2.05) is 0 Å². The van der Waals surface area contributed by atoms with Crippen LogP contribution in [-0.2, 0) is 0 Å². The number of rotatable bonds is 1. The van der Waals surface area contributed by atoms with Crippen LogP contribution in [0.1, 0.15) is 92.8 Å². The summed E-state index contributed by atoms with van der Waals surface area (Å²) >= 11 is 0. The number of hydrogen-bond donors (Lipinski definition) is 0. The SMILES string of the molecule is [2H][C@]1(CC)CC[C@H]2[C@@H]3CCC4CCCC[C@]4(C)[C@H]3CC[C@@]21C. The van der Waals surface area contributed by atoms with E-state index < -0.39 is 0 Å². The van der Waals surface area contributed by atoms with Crippen LogP contribution in [0.2, 0.25) is 0 Å². The highest BCUT2D eigenvalue weighted by atomic mass is 14.6. The second-order valence-corrected chi connectivity index (χ2v) is 9.35. The topological polar surface area (TPSA) is 0 Å². The summed E-state index contributed by atoms with van der Waals surface area (Å²) in [6, 6.07) is 0. The number of fused-ring (bicyclic) bond motifs is 5. The van der Waals surface area contributed by atoms with E-state index in [0.717, 1.165) is 30.1 Å². The van der Waals surface area contributed by atoms with Crippen LogP contribution < -0.4 is 0 Å². The highest BCUT2D eigenvalue weighted by molar-refractivity contribution is 5.08. The van der Waals surface area contributed by atoms with Crippen molar-refractivity contribution in [3.05, 3.63) is 0 Å². The molecular weight excluding hydrogens is 252 g/mol. The maximum atomic E-state index is 9.09.